The highest BCUT2D eigenvalue weighted by atomic mass is 17.3. The van der Waals surface area contributed by atoms with Crippen LogP contribution in [0.3, 0.4) is 0 Å². The normalized spacial score (nSPS) is 9.71. The number of ether oxygens (including phenoxy) is 2. The van der Waals surface area contributed by atoms with E-state index in [2.05, 4.69) is 14.5 Å². The molecule has 0 fully saturated rings. The Bertz CT molecular complexity index is 217. The van der Waals surface area contributed by atoms with Crippen LogP contribution < -0.4 is 0 Å². The number of rotatable bonds is 8. The molecule has 0 aromatic heterocycles. The molecule has 0 aromatic carbocycles. The molecule has 0 radical (unpaired) electrons. The van der Waals surface area contributed by atoms with Gasteiger partial charge in [-0.05, 0) is 26.2 Å². The maximum atomic E-state index is 10.7. The second-order valence-corrected chi connectivity index (χ2v) is 3.14. The van der Waals surface area contributed by atoms with Gasteiger partial charge in [-0.25, -0.2) is 9.68 Å². The Balaban J connectivity index is 3.16. The molecule has 0 bridgehead atoms. The van der Waals surface area contributed by atoms with Crippen molar-refractivity contribution in [2.45, 2.75) is 32.6 Å². The number of hydrogen-bond donors (Lipinski definition) is 1. The molecule has 0 aliphatic heterocycles. The average molecular weight is 250 g/mol. The van der Waals surface area contributed by atoms with Crippen LogP contribution in [-0.4, -0.2) is 37.2 Å². The molecule has 0 aliphatic carbocycles. The van der Waals surface area contributed by atoms with Crippen LogP contribution in [0.15, 0.2) is 0 Å². The van der Waals surface area contributed by atoms with Crippen molar-refractivity contribution in [2.75, 3.05) is 19.8 Å². The topological polar surface area (TPSA) is 91.3 Å². The van der Waals surface area contributed by atoms with Gasteiger partial charge in [0.2, 0.25) is 0 Å². The summed E-state index contributed by atoms with van der Waals surface area (Å²) in [5.74, 6) is 0. The Hall–Kier alpha value is -1.50. The number of carboxylic acid groups (broad SMARTS) is 1. The number of carbonyl (C=O) groups excluding carboxylic acids is 1. The van der Waals surface area contributed by atoms with E-state index in [0.717, 1.165) is 32.5 Å². The smallest absolute Gasteiger partial charge is 0.447 e. The molecule has 0 rings (SSSR count). The first kappa shape index (κ1) is 15.5. The van der Waals surface area contributed by atoms with Crippen LogP contribution in [0, 0.1) is 0 Å². The molecular weight excluding hydrogens is 232 g/mol. The van der Waals surface area contributed by atoms with Crippen molar-refractivity contribution in [3.63, 3.8) is 0 Å². The van der Waals surface area contributed by atoms with E-state index < -0.39 is 12.3 Å². The highest BCUT2D eigenvalue weighted by Gasteiger charge is 2.08. The molecule has 0 saturated carbocycles. The van der Waals surface area contributed by atoms with Gasteiger partial charge in [-0.15, -0.1) is 0 Å². The Morgan fingerprint density at radius 3 is 2.24 bits per heavy atom. The van der Waals surface area contributed by atoms with Crippen LogP contribution in [-0.2, 0) is 19.2 Å². The van der Waals surface area contributed by atoms with Crippen molar-refractivity contribution in [1.82, 2.24) is 0 Å². The maximum absolute atomic E-state index is 10.7. The molecule has 100 valence electrons. The fourth-order valence-corrected chi connectivity index (χ4v) is 1.05. The molecule has 1 N–H and O–H groups in total. The van der Waals surface area contributed by atoms with Crippen LogP contribution >= 0.6 is 0 Å². The Morgan fingerprint density at radius 2 is 1.65 bits per heavy atom. The fourth-order valence-electron chi connectivity index (χ4n) is 1.05. The summed E-state index contributed by atoms with van der Waals surface area (Å²) in [5, 5.41) is 8.01. The lowest BCUT2D eigenvalue weighted by molar-refractivity contribution is -0.213. The summed E-state index contributed by atoms with van der Waals surface area (Å²) in [4.78, 5) is 27.8. The van der Waals surface area contributed by atoms with E-state index in [0.29, 0.717) is 6.42 Å². The van der Waals surface area contributed by atoms with Crippen LogP contribution in [0.4, 0.5) is 9.59 Å². The second-order valence-electron chi connectivity index (χ2n) is 3.14. The van der Waals surface area contributed by atoms with E-state index in [1.807, 2.05) is 6.92 Å². The number of hydrogen-bond acceptors (Lipinski definition) is 6. The van der Waals surface area contributed by atoms with Gasteiger partial charge < -0.3 is 14.6 Å². The van der Waals surface area contributed by atoms with Crippen molar-refractivity contribution >= 4 is 12.3 Å². The average Bonchev–Trinajstić information content (AvgIpc) is 2.30. The van der Waals surface area contributed by atoms with Gasteiger partial charge in [-0.2, -0.15) is 9.68 Å². The molecule has 0 heterocycles. The van der Waals surface area contributed by atoms with Gasteiger partial charge in [0.15, 0.2) is 0 Å². The third-order valence-electron chi connectivity index (χ3n) is 1.79. The van der Waals surface area contributed by atoms with Crippen molar-refractivity contribution in [1.29, 1.82) is 0 Å². The van der Waals surface area contributed by atoms with Gasteiger partial charge in [0.1, 0.15) is 0 Å². The van der Waals surface area contributed by atoms with E-state index in [4.69, 9.17) is 9.84 Å². The van der Waals surface area contributed by atoms with Gasteiger partial charge in [0.25, 0.3) is 0 Å². The van der Waals surface area contributed by atoms with E-state index in [9.17, 15) is 9.59 Å². The summed E-state index contributed by atoms with van der Waals surface area (Å²) in [5.41, 5.74) is 0. The Morgan fingerprint density at radius 1 is 1.00 bits per heavy atom. The molecule has 0 saturated heterocycles. The molecule has 0 aromatic rings. The first-order valence-electron chi connectivity index (χ1n) is 5.48. The van der Waals surface area contributed by atoms with Gasteiger partial charge in [-0.3, -0.25) is 0 Å². The van der Waals surface area contributed by atoms with Gasteiger partial charge in [0, 0.05) is 13.2 Å². The van der Waals surface area contributed by atoms with Gasteiger partial charge >= 0.3 is 12.3 Å². The SMILES string of the molecule is CCOCCCCCCOC(=O)OOC(=O)O. The fraction of sp³-hybridized carbons (Fsp3) is 0.800. The lowest BCUT2D eigenvalue weighted by atomic mass is 10.2. The van der Waals surface area contributed by atoms with E-state index in [1.54, 1.807) is 0 Å². The summed E-state index contributed by atoms with van der Waals surface area (Å²) < 4.78 is 9.69. The molecule has 0 amide bonds. The lowest BCUT2D eigenvalue weighted by Crippen LogP contribution is -2.11. The van der Waals surface area contributed by atoms with Crippen LogP contribution in [0.5, 0.6) is 0 Å². The molecule has 0 unspecified atom stereocenters. The number of carbonyl (C=O) groups is 2. The van der Waals surface area contributed by atoms with Gasteiger partial charge in [-0.1, -0.05) is 6.42 Å². The molecular formula is C10H18O7. The largest absolute Gasteiger partial charge is 0.549 e. The lowest BCUT2D eigenvalue weighted by Gasteiger charge is -2.03. The minimum atomic E-state index is -1.70. The minimum Gasteiger partial charge on any atom is -0.447 e. The molecule has 0 atom stereocenters. The first-order chi connectivity index (χ1) is 8.16. The molecule has 7 heteroatoms. The Kier molecular flexibility index (Phi) is 10.0. The summed E-state index contributed by atoms with van der Waals surface area (Å²) in [6.07, 6.45) is 0.707. The summed E-state index contributed by atoms with van der Waals surface area (Å²) in [6.45, 7) is 3.58. The van der Waals surface area contributed by atoms with Crippen LogP contribution in [0.2, 0.25) is 0 Å². The van der Waals surface area contributed by atoms with E-state index in [-0.39, 0.29) is 6.61 Å². The Labute approximate surface area is 99.5 Å². The summed E-state index contributed by atoms with van der Waals surface area (Å²) in [6, 6.07) is 0. The minimum absolute atomic E-state index is 0.177. The van der Waals surface area contributed by atoms with Crippen LogP contribution in [0.25, 0.3) is 0 Å². The third kappa shape index (κ3) is 12.4. The molecule has 7 nitrogen and oxygen atoms in total. The molecule has 0 spiro atoms. The summed E-state index contributed by atoms with van der Waals surface area (Å²) >= 11 is 0. The third-order valence-corrected chi connectivity index (χ3v) is 1.79. The zero-order valence-electron chi connectivity index (χ0n) is 9.85. The van der Waals surface area contributed by atoms with Crippen LogP contribution in [0.1, 0.15) is 32.6 Å². The van der Waals surface area contributed by atoms with Crippen molar-refractivity contribution < 1.29 is 33.9 Å². The quantitative estimate of drug-likeness (QED) is 0.306. The molecule has 0 aliphatic rings. The van der Waals surface area contributed by atoms with E-state index >= 15 is 0 Å². The number of unbranched alkanes of at least 4 members (excludes halogenated alkanes) is 3. The highest BCUT2D eigenvalue weighted by molar-refractivity contribution is 5.62. The van der Waals surface area contributed by atoms with Crippen molar-refractivity contribution in [3.05, 3.63) is 0 Å². The summed E-state index contributed by atoms with van der Waals surface area (Å²) in [7, 11) is 0. The standard InChI is InChI=1S/C10H18O7/c1-2-14-7-5-3-4-6-8-15-10(13)17-16-9(11)12/h2-8H2,1H3,(H,11,12). The van der Waals surface area contributed by atoms with Crippen molar-refractivity contribution in [3.8, 4) is 0 Å². The second kappa shape index (κ2) is 11.0. The van der Waals surface area contributed by atoms with E-state index in [1.165, 1.54) is 0 Å². The first-order valence-corrected chi connectivity index (χ1v) is 5.48. The predicted octanol–water partition coefficient (Wildman–Crippen LogP) is 2.35. The maximum Gasteiger partial charge on any atom is 0.549 e. The molecule has 17 heavy (non-hydrogen) atoms. The highest BCUT2D eigenvalue weighted by Crippen LogP contribution is 2.01. The predicted molar refractivity (Wildman–Crippen MR) is 56.5 cm³/mol. The van der Waals surface area contributed by atoms with Gasteiger partial charge in [0.05, 0.1) is 6.61 Å². The zero-order valence-corrected chi connectivity index (χ0v) is 9.85. The zero-order chi connectivity index (χ0) is 12.9. The van der Waals surface area contributed by atoms with Crippen molar-refractivity contribution in [2.24, 2.45) is 0 Å². The monoisotopic (exact) mass is 250 g/mol.